The molecule has 7 heteroatoms. The molecule has 2 N–H and O–H groups in total. The number of carboxylic acid groups (broad SMARTS) is 2. The van der Waals surface area contributed by atoms with Gasteiger partial charge in [0.1, 0.15) is 0 Å². The minimum Gasteiger partial charge on any atom is -0.481 e. The van der Waals surface area contributed by atoms with Gasteiger partial charge < -0.3 is 10.2 Å². The fourth-order valence-corrected chi connectivity index (χ4v) is 1.91. The Kier molecular flexibility index (Phi) is 4.37. The van der Waals surface area contributed by atoms with Gasteiger partial charge in [-0.2, -0.15) is 0 Å². The highest BCUT2D eigenvalue weighted by atomic mass is 16.4. The highest BCUT2D eigenvalue weighted by molar-refractivity contribution is 5.90. The van der Waals surface area contributed by atoms with Gasteiger partial charge >= 0.3 is 11.9 Å². The Labute approximate surface area is 115 Å². The molecule has 0 spiro atoms. The summed E-state index contributed by atoms with van der Waals surface area (Å²) >= 11 is 0. The van der Waals surface area contributed by atoms with Gasteiger partial charge in [-0.05, 0) is 31.4 Å². The van der Waals surface area contributed by atoms with E-state index in [2.05, 4.69) is 10.0 Å². The first-order chi connectivity index (χ1) is 9.28. The number of carboxylic acids is 2. The molecule has 0 aliphatic carbocycles. The van der Waals surface area contributed by atoms with Crippen LogP contribution in [0.1, 0.15) is 19.4 Å². The topological polar surface area (TPSA) is 123 Å². The molecular weight excluding hydrogens is 262 g/mol. The molecule has 1 aromatic rings. The van der Waals surface area contributed by atoms with Crippen molar-refractivity contribution in [2.24, 2.45) is 10.5 Å². The van der Waals surface area contributed by atoms with Crippen LogP contribution in [-0.2, 0) is 16.0 Å². The second-order valence-corrected chi connectivity index (χ2v) is 4.95. The van der Waals surface area contributed by atoms with Crippen LogP contribution < -0.4 is 0 Å². The predicted octanol–water partition coefficient (Wildman–Crippen LogP) is 2.47. The number of carbonyl (C=O) groups is 2. The summed E-state index contributed by atoms with van der Waals surface area (Å²) in [7, 11) is 0. The predicted molar refractivity (Wildman–Crippen MR) is 71.1 cm³/mol. The second kappa shape index (κ2) is 5.63. The largest absolute Gasteiger partial charge is 0.481 e. The summed E-state index contributed by atoms with van der Waals surface area (Å²) in [5.41, 5.74) is 5.39. The molecule has 0 heterocycles. The number of benzene rings is 1. The Hall–Kier alpha value is -2.53. The summed E-state index contributed by atoms with van der Waals surface area (Å²) in [6.45, 7) is 2.47. The second-order valence-electron chi connectivity index (χ2n) is 4.95. The molecule has 20 heavy (non-hydrogen) atoms. The van der Waals surface area contributed by atoms with Crippen molar-refractivity contribution in [2.75, 3.05) is 0 Å². The molecule has 0 bridgehead atoms. The summed E-state index contributed by atoms with van der Waals surface area (Å²) in [6.07, 6.45) is -0.202. The Morgan fingerprint density at radius 3 is 2.15 bits per heavy atom. The Balaban J connectivity index is 3.44. The molecule has 0 aromatic heterocycles. The standard InChI is InChI=1S/C13H15N3O4/c1-12(2,10(17)18)13(11(19)20,15-16-14)8-9-6-4-3-5-7-9/h3-7H,8H2,1-2H3,(H,17,18)(H,19,20). The SMILES string of the molecule is CC(C)(C(=O)O)C(Cc1ccccc1)(N=[N+]=[N-])C(=O)O. The summed E-state index contributed by atoms with van der Waals surface area (Å²) < 4.78 is 0. The van der Waals surface area contributed by atoms with Crippen LogP contribution >= 0.6 is 0 Å². The number of rotatable bonds is 6. The molecule has 0 saturated carbocycles. The highest BCUT2D eigenvalue weighted by Crippen LogP contribution is 2.38. The number of hydrogen-bond donors (Lipinski definition) is 2. The smallest absolute Gasteiger partial charge is 0.317 e. The van der Waals surface area contributed by atoms with Gasteiger partial charge in [0.05, 0.1) is 5.41 Å². The van der Waals surface area contributed by atoms with Crippen molar-refractivity contribution in [1.29, 1.82) is 0 Å². The zero-order valence-corrected chi connectivity index (χ0v) is 11.1. The zero-order chi connectivity index (χ0) is 15.4. The average molecular weight is 277 g/mol. The van der Waals surface area contributed by atoms with Gasteiger partial charge in [-0.1, -0.05) is 35.4 Å². The Bertz CT molecular complexity index is 560. The lowest BCUT2D eigenvalue weighted by molar-refractivity contribution is -0.162. The van der Waals surface area contributed by atoms with Crippen molar-refractivity contribution in [3.05, 3.63) is 46.3 Å². The van der Waals surface area contributed by atoms with Crippen LogP contribution in [0.5, 0.6) is 0 Å². The molecule has 0 aliphatic rings. The number of nitrogens with zero attached hydrogens (tertiary/aromatic N) is 3. The van der Waals surface area contributed by atoms with Crippen molar-refractivity contribution < 1.29 is 19.8 Å². The third kappa shape index (κ3) is 2.57. The van der Waals surface area contributed by atoms with E-state index in [1.807, 2.05) is 0 Å². The van der Waals surface area contributed by atoms with Gasteiger partial charge in [0.25, 0.3) is 0 Å². The van der Waals surface area contributed by atoms with Crippen LogP contribution in [0.3, 0.4) is 0 Å². The molecular formula is C13H15N3O4. The van der Waals surface area contributed by atoms with Crippen LogP contribution in [-0.4, -0.2) is 27.7 Å². The van der Waals surface area contributed by atoms with Crippen LogP contribution in [0.4, 0.5) is 0 Å². The first kappa shape index (κ1) is 15.5. The molecule has 0 aliphatic heterocycles. The fourth-order valence-electron chi connectivity index (χ4n) is 1.91. The van der Waals surface area contributed by atoms with Gasteiger partial charge in [-0.25, -0.2) is 0 Å². The lowest BCUT2D eigenvalue weighted by Crippen LogP contribution is -2.55. The number of azide groups is 1. The monoisotopic (exact) mass is 277 g/mol. The third-order valence-electron chi connectivity index (χ3n) is 3.44. The zero-order valence-electron chi connectivity index (χ0n) is 11.1. The molecule has 7 nitrogen and oxygen atoms in total. The van der Waals surface area contributed by atoms with Gasteiger partial charge in [0.15, 0.2) is 5.54 Å². The first-order valence-corrected chi connectivity index (χ1v) is 5.85. The summed E-state index contributed by atoms with van der Waals surface area (Å²) in [5, 5.41) is 22.1. The Morgan fingerprint density at radius 2 is 1.75 bits per heavy atom. The van der Waals surface area contributed by atoms with Crippen LogP contribution in [0.25, 0.3) is 10.4 Å². The van der Waals surface area contributed by atoms with Gasteiger partial charge in [-0.3, -0.25) is 9.59 Å². The molecule has 0 amide bonds. The van der Waals surface area contributed by atoms with E-state index in [-0.39, 0.29) is 6.42 Å². The van der Waals surface area contributed by atoms with E-state index < -0.39 is 22.9 Å². The summed E-state index contributed by atoms with van der Waals surface area (Å²) in [5.74, 6) is -2.81. The van der Waals surface area contributed by atoms with Crippen molar-refractivity contribution in [3.63, 3.8) is 0 Å². The fraction of sp³-hybridized carbons (Fsp3) is 0.385. The van der Waals surface area contributed by atoms with Crippen molar-refractivity contribution in [2.45, 2.75) is 25.8 Å². The number of aliphatic carboxylic acids is 2. The van der Waals surface area contributed by atoms with Crippen molar-refractivity contribution in [3.8, 4) is 0 Å². The molecule has 1 atom stereocenters. The number of hydrogen-bond acceptors (Lipinski definition) is 3. The maximum absolute atomic E-state index is 11.6. The molecule has 1 aromatic carbocycles. The van der Waals surface area contributed by atoms with E-state index in [4.69, 9.17) is 5.53 Å². The first-order valence-electron chi connectivity index (χ1n) is 5.85. The van der Waals surface area contributed by atoms with E-state index >= 15 is 0 Å². The van der Waals surface area contributed by atoms with Gasteiger partial charge in [0, 0.05) is 4.91 Å². The third-order valence-corrected chi connectivity index (χ3v) is 3.44. The lowest BCUT2D eigenvalue weighted by atomic mass is 9.69. The summed E-state index contributed by atoms with van der Waals surface area (Å²) in [6, 6.07) is 8.46. The maximum atomic E-state index is 11.6. The molecule has 1 rings (SSSR count). The van der Waals surface area contributed by atoms with Crippen LogP contribution in [0, 0.1) is 5.41 Å². The molecule has 1 unspecified atom stereocenters. The van der Waals surface area contributed by atoms with E-state index in [1.54, 1.807) is 30.3 Å². The van der Waals surface area contributed by atoms with Crippen molar-refractivity contribution >= 4 is 11.9 Å². The molecule has 106 valence electrons. The van der Waals surface area contributed by atoms with E-state index in [1.165, 1.54) is 13.8 Å². The van der Waals surface area contributed by atoms with Gasteiger partial charge in [0.2, 0.25) is 0 Å². The van der Waals surface area contributed by atoms with Gasteiger partial charge in [-0.15, -0.1) is 0 Å². The van der Waals surface area contributed by atoms with Crippen LogP contribution in [0.2, 0.25) is 0 Å². The lowest BCUT2D eigenvalue weighted by Gasteiger charge is -2.36. The normalized spacial score (nSPS) is 13.9. The molecule has 0 radical (unpaired) electrons. The summed E-state index contributed by atoms with van der Waals surface area (Å²) in [4.78, 5) is 25.6. The quantitative estimate of drug-likeness (QED) is 0.470. The van der Waals surface area contributed by atoms with E-state index in [0.717, 1.165) is 0 Å². The minimum absolute atomic E-state index is 0.202. The maximum Gasteiger partial charge on any atom is 0.317 e. The molecule has 0 saturated heterocycles. The minimum atomic E-state index is -2.10. The molecule has 0 fully saturated rings. The van der Waals surface area contributed by atoms with Crippen LogP contribution in [0.15, 0.2) is 35.4 Å². The van der Waals surface area contributed by atoms with E-state index in [0.29, 0.717) is 5.56 Å². The Morgan fingerprint density at radius 1 is 1.20 bits per heavy atom. The average Bonchev–Trinajstić information content (AvgIpc) is 2.38. The highest BCUT2D eigenvalue weighted by Gasteiger charge is 2.55. The van der Waals surface area contributed by atoms with Crippen molar-refractivity contribution in [1.82, 2.24) is 0 Å². The van der Waals surface area contributed by atoms with E-state index in [9.17, 15) is 19.8 Å².